The van der Waals surface area contributed by atoms with Crippen LogP contribution in [0.5, 0.6) is 5.75 Å². The number of nitrogens with one attached hydrogen (secondary N) is 1. The molecule has 0 saturated carbocycles. The SMILES string of the molecule is COc1cccc(C(=O)[C@@H]2[C@@H](C(=O)c3ccccc3Cl)N3c4ccccc4C=C[C@@H]3[C@]23C(=O)Nc2ccccc23)c1. The van der Waals surface area contributed by atoms with Crippen molar-refractivity contribution in [2.24, 2.45) is 5.92 Å². The summed E-state index contributed by atoms with van der Waals surface area (Å²) < 4.78 is 5.42. The summed E-state index contributed by atoms with van der Waals surface area (Å²) in [5.41, 5.74) is 2.29. The lowest BCUT2D eigenvalue weighted by molar-refractivity contribution is -0.121. The van der Waals surface area contributed by atoms with Crippen LogP contribution in [0.25, 0.3) is 6.08 Å². The quantitative estimate of drug-likeness (QED) is 0.294. The number of hydrogen-bond donors (Lipinski definition) is 1. The monoisotopic (exact) mass is 560 g/mol. The number of methoxy groups -OCH3 is 1. The Labute approximate surface area is 242 Å². The Bertz CT molecular complexity index is 1780. The molecule has 1 N–H and O–H groups in total. The first-order chi connectivity index (χ1) is 20.0. The largest absolute Gasteiger partial charge is 0.497 e. The maximum absolute atomic E-state index is 14.8. The molecule has 4 aromatic carbocycles. The van der Waals surface area contributed by atoms with Crippen molar-refractivity contribution in [3.8, 4) is 5.75 Å². The lowest BCUT2D eigenvalue weighted by Crippen LogP contribution is -2.51. The fourth-order valence-electron chi connectivity index (χ4n) is 6.90. The highest BCUT2D eigenvalue weighted by Gasteiger charge is 2.70. The molecule has 1 fully saturated rings. The Morgan fingerprint density at radius 3 is 2.49 bits per heavy atom. The van der Waals surface area contributed by atoms with Gasteiger partial charge in [0.2, 0.25) is 5.91 Å². The number of fused-ring (bicyclic) bond motifs is 6. The number of anilines is 2. The lowest BCUT2D eigenvalue weighted by atomic mass is 9.64. The Morgan fingerprint density at radius 1 is 0.902 bits per heavy atom. The predicted octanol–water partition coefficient (Wildman–Crippen LogP) is 6.20. The van der Waals surface area contributed by atoms with Crippen LogP contribution in [0.1, 0.15) is 31.8 Å². The molecule has 202 valence electrons. The number of rotatable bonds is 5. The highest BCUT2D eigenvalue weighted by Crippen LogP contribution is 2.58. The minimum atomic E-state index is -1.39. The first kappa shape index (κ1) is 25.3. The van der Waals surface area contributed by atoms with Gasteiger partial charge < -0.3 is 15.0 Å². The van der Waals surface area contributed by atoms with Crippen molar-refractivity contribution in [2.45, 2.75) is 17.5 Å². The topological polar surface area (TPSA) is 75.7 Å². The van der Waals surface area contributed by atoms with Gasteiger partial charge in [-0.15, -0.1) is 0 Å². The van der Waals surface area contributed by atoms with Crippen molar-refractivity contribution in [1.29, 1.82) is 0 Å². The Hall–Kier alpha value is -4.68. The van der Waals surface area contributed by atoms with Gasteiger partial charge in [-0.25, -0.2) is 0 Å². The molecular formula is C34H25ClN2O4. The molecule has 0 bridgehead atoms. The highest BCUT2D eigenvalue weighted by molar-refractivity contribution is 6.34. The molecule has 1 spiro atoms. The molecule has 1 saturated heterocycles. The van der Waals surface area contributed by atoms with Gasteiger partial charge in [-0.05, 0) is 47.5 Å². The number of Topliss-reactive ketones (excluding diaryl/α,β-unsaturated/α-hetero) is 2. The number of hydrogen-bond acceptors (Lipinski definition) is 5. The average Bonchev–Trinajstić information content (AvgIpc) is 3.49. The van der Waals surface area contributed by atoms with Crippen LogP contribution in [-0.2, 0) is 10.2 Å². The molecular weight excluding hydrogens is 536 g/mol. The van der Waals surface area contributed by atoms with Crippen LogP contribution in [0.2, 0.25) is 5.02 Å². The van der Waals surface area contributed by atoms with E-state index in [9.17, 15) is 14.4 Å². The van der Waals surface area contributed by atoms with E-state index in [1.165, 1.54) is 7.11 Å². The van der Waals surface area contributed by atoms with Crippen molar-refractivity contribution in [2.75, 3.05) is 17.3 Å². The zero-order valence-electron chi connectivity index (χ0n) is 22.1. The lowest BCUT2D eigenvalue weighted by Gasteiger charge is -2.37. The fraction of sp³-hybridized carbons (Fsp3) is 0.147. The molecule has 4 aromatic rings. The van der Waals surface area contributed by atoms with Crippen LogP contribution in [0, 0.1) is 5.92 Å². The molecule has 0 radical (unpaired) electrons. The van der Waals surface area contributed by atoms with Gasteiger partial charge in [0.15, 0.2) is 11.6 Å². The van der Waals surface area contributed by atoms with Gasteiger partial charge in [-0.2, -0.15) is 0 Å². The molecule has 0 unspecified atom stereocenters. The number of benzene rings is 4. The molecule has 3 heterocycles. The highest BCUT2D eigenvalue weighted by atomic mass is 35.5. The minimum Gasteiger partial charge on any atom is -0.497 e. The Balaban J connectivity index is 1.55. The third-order valence-corrected chi connectivity index (χ3v) is 8.92. The molecule has 0 aliphatic carbocycles. The second-order valence-corrected chi connectivity index (χ2v) is 10.9. The minimum absolute atomic E-state index is 0.291. The van der Waals surface area contributed by atoms with Crippen LogP contribution in [-0.4, -0.2) is 36.7 Å². The van der Waals surface area contributed by atoms with E-state index in [-0.39, 0.29) is 17.5 Å². The number of nitrogens with zero attached hydrogens (tertiary/aromatic N) is 1. The Morgan fingerprint density at radius 2 is 1.66 bits per heavy atom. The summed E-state index contributed by atoms with van der Waals surface area (Å²) >= 11 is 6.58. The van der Waals surface area contributed by atoms with Crippen molar-refractivity contribution >= 4 is 46.5 Å². The van der Waals surface area contributed by atoms with Gasteiger partial charge in [-0.3, -0.25) is 14.4 Å². The number of halogens is 1. The number of carbonyl (C=O) groups is 3. The number of amides is 1. The van der Waals surface area contributed by atoms with Crippen molar-refractivity contribution < 1.29 is 19.1 Å². The molecule has 7 heteroatoms. The number of ether oxygens (including phenoxy) is 1. The normalized spacial score (nSPS) is 23.5. The van der Waals surface area contributed by atoms with Crippen LogP contribution >= 0.6 is 11.6 Å². The fourth-order valence-corrected chi connectivity index (χ4v) is 7.12. The van der Waals surface area contributed by atoms with Crippen molar-refractivity contribution in [1.82, 2.24) is 0 Å². The zero-order valence-corrected chi connectivity index (χ0v) is 22.8. The molecule has 6 nitrogen and oxygen atoms in total. The van der Waals surface area contributed by atoms with Crippen LogP contribution in [0.4, 0.5) is 11.4 Å². The maximum Gasteiger partial charge on any atom is 0.238 e. The molecule has 3 aliphatic rings. The summed E-state index contributed by atoms with van der Waals surface area (Å²) in [6, 6.07) is 27.2. The molecule has 41 heavy (non-hydrogen) atoms. The second-order valence-electron chi connectivity index (χ2n) is 10.5. The molecule has 3 aliphatic heterocycles. The van der Waals surface area contributed by atoms with E-state index < -0.39 is 23.4 Å². The van der Waals surface area contributed by atoms with Crippen molar-refractivity contribution in [3.63, 3.8) is 0 Å². The summed E-state index contributed by atoms with van der Waals surface area (Å²) in [7, 11) is 1.53. The van der Waals surface area contributed by atoms with Gasteiger partial charge in [0.05, 0.1) is 24.1 Å². The first-order valence-electron chi connectivity index (χ1n) is 13.4. The standard InChI is InChI=1S/C34H25ClN2O4/c1-41-22-11-8-10-21(19-22)31(38)29-30(32(39)23-12-3-5-14-25(23)35)37-27-16-7-2-9-20(27)17-18-28(37)34(29)24-13-4-6-15-26(24)36-33(34)40/h2-19,28-30H,1H3,(H,36,40)/t28-,29+,30+,34+/m1/s1. The summed E-state index contributed by atoms with van der Waals surface area (Å²) in [6.07, 6.45) is 3.93. The number of para-hydroxylation sites is 2. The second kappa shape index (κ2) is 9.46. The third kappa shape index (κ3) is 3.54. The van der Waals surface area contributed by atoms with Crippen LogP contribution in [0.15, 0.2) is 103 Å². The molecule has 7 rings (SSSR count). The smallest absolute Gasteiger partial charge is 0.238 e. The van der Waals surface area contributed by atoms with Gasteiger partial charge in [-0.1, -0.05) is 84.4 Å². The van der Waals surface area contributed by atoms with E-state index in [0.29, 0.717) is 33.1 Å². The van der Waals surface area contributed by atoms with E-state index in [1.807, 2.05) is 65.6 Å². The molecule has 0 aromatic heterocycles. The van der Waals surface area contributed by atoms with E-state index >= 15 is 0 Å². The molecule has 4 atom stereocenters. The summed E-state index contributed by atoms with van der Waals surface area (Å²) in [6.45, 7) is 0. The van der Waals surface area contributed by atoms with Gasteiger partial charge in [0, 0.05) is 22.5 Å². The van der Waals surface area contributed by atoms with Gasteiger partial charge in [0.25, 0.3) is 0 Å². The van der Waals surface area contributed by atoms with Crippen LogP contribution in [0.3, 0.4) is 0 Å². The van der Waals surface area contributed by atoms with Crippen molar-refractivity contribution in [3.05, 3.63) is 130 Å². The average molecular weight is 561 g/mol. The first-order valence-corrected chi connectivity index (χ1v) is 13.8. The number of carbonyl (C=O) groups excluding carboxylic acids is 3. The van der Waals surface area contributed by atoms with Gasteiger partial charge >= 0.3 is 0 Å². The number of ketones is 2. The molecule has 1 amide bonds. The van der Waals surface area contributed by atoms with E-state index in [1.54, 1.807) is 48.5 Å². The predicted molar refractivity (Wildman–Crippen MR) is 159 cm³/mol. The Kier molecular flexibility index (Phi) is 5.84. The zero-order chi connectivity index (χ0) is 28.3. The van der Waals surface area contributed by atoms with E-state index in [0.717, 1.165) is 11.3 Å². The van der Waals surface area contributed by atoms with E-state index in [2.05, 4.69) is 5.32 Å². The van der Waals surface area contributed by atoms with Crippen LogP contribution < -0.4 is 15.0 Å². The third-order valence-electron chi connectivity index (χ3n) is 8.59. The summed E-state index contributed by atoms with van der Waals surface area (Å²) in [4.78, 5) is 45.9. The summed E-state index contributed by atoms with van der Waals surface area (Å²) in [5, 5.41) is 3.33. The maximum atomic E-state index is 14.8. The summed E-state index contributed by atoms with van der Waals surface area (Å²) in [5.74, 6) is -1.52. The van der Waals surface area contributed by atoms with E-state index in [4.69, 9.17) is 16.3 Å². The van der Waals surface area contributed by atoms with Gasteiger partial charge in [0.1, 0.15) is 17.2 Å².